The Morgan fingerprint density at radius 3 is 2.58 bits per heavy atom. The van der Waals surface area contributed by atoms with E-state index in [-0.39, 0.29) is 18.8 Å². The zero-order valence-electron chi connectivity index (χ0n) is 7.29. The van der Waals surface area contributed by atoms with E-state index >= 15 is 0 Å². The van der Waals surface area contributed by atoms with E-state index in [1.165, 1.54) is 0 Å². The number of esters is 1. The summed E-state index contributed by atoms with van der Waals surface area (Å²) >= 11 is 0. The molecule has 0 aromatic heterocycles. The van der Waals surface area contributed by atoms with Crippen LogP contribution in [0.4, 0.5) is 0 Å². The first kappa shape index (κ1) is 10.7. The predicted octanol–water partition coefficient (Wildman–Crippen LogP) is 0.778. The van der Waals surface area contributed by atoms with Gasteiger partial charge in [0, 0.05) is 0 Å². The van der Waals surface area contributed by atoms with Crippen LogP contribution >= 0.6 is 0 Å². The molecule has 0 aromatic rings. The summed E-state index contributed by atoms with van der Waals surface area (Å²) in [6.07, 6.45) is 4.78. The molecule has 0 fully saturated rings. The van der Waals surface area contributed by atoms with E-state index in [0.29, 0.717) is 0 Å². The minimum atomic E-state index is -0.510. The van der Waals surface area contributed by atoms with Gasteiger partial charge in [-0.2, -0.15) is 0 Å². The third kappa shape index (κ3) is 3.77. The fourth-order valence-corrected chi connectivity index (χ4v) is 0.600. The first-order chi connectivity index (χ1) is 5.61. The lowest BCUT2D eigenvalue weighted by Gasteiger charge is -2.02. The second-order valence-electron chi connectivity index (χ2n) is 2.34. The third-order valence-electron chi connectivity index (χ3n) is 1.36. The van der Waals surface area contributed by atoms with Crippen molar-refractivity contribution in [1.82, 2.24) is 0 Å². The van der Waals surface area contributed by atoms with Crippen LogP contribution in [-0.4, -0.2) is 18.4 Å². The van der Waals surface area contributed by atoms with Crippen molar-refractivity contribution >= 4 is 11.8 Å². The van der Waals surface area contributed by atoms with Crippen LogP contribution in [-0.2, 0) is 14.3 Å². The van der Waals surface area contributed by atoms with Gasteiger partial charge in [0.1, 0.15) is 6.42 Å². The number of rotatable bonds is 4. The summed E-state index contributed by atoms with van der Waals surface area (Å²) in [6.45, 7) is 3.56. The van der Waals surface area contributed by atoms with Crippen LogP contribution in [0.5, 0.6) is 0 Å². The molecule has 0 N–H and O–H groups in total. The topological polar surface area (TPSA) is 43.4 Å². The second kappa shape index (κ2) is 5.36. The van der Waals surface area contributed by atoms with Crippen molar-refractivity contribution in [3.63, 3.8) is 0 Å². The van der Waals surface area contributed by atoms with Crippen LogP contribution in [0.3, 0.4) is 0 Å². The predicted molar refractivity (Wildman–Crippen MR) is 44.3 cm³/mol. The molecule has 0 rings (SSSR count). The number of hydrogen-bond donors (Lipinski definition) is 0. The Hall–Kier alpha value is -1.30. The van der Waals surface area contributed by atoms with Crippen molar-refractivity contribution in [2.45, 2.75) is 20.3 Å². The van der Waals surface area contributed by atoms with Gasteiger partial charge in [-0.25, -0.2) is 0 Å². The smallest absolute Gasteiger partial charge is 0.313 e. The highest BCUT2D eigenvalue weighted by Crippen LogP contribution is 1.99. The summed E-state index contributed by atoms with van der Waals surface area (Å²) in [7, 11) is 0. The quantitative estimate of drug-likeness (QED) is 0.354. The minimum Gasteiger partial charge on any atom is -0.466 e. The Morgan fingerprint density at radius 2 is 2.17 bits per heavy atom. The summed E-state index contributed by atoms with van der Waals surface area (Å²) in [5, 5.41) is 0. The Bertz CT molecular complexity index is 212. The molecule has 0 aliphatic carbocycles. The lowest BCUT2D eigenvalue weighted by molar-refractivity contribution is -0.145. The lowest BCUT2D eigenvalue weighted by atomic mass is 10.1. The number of terminal acetylenes is 1. The van der Waals surface area contributed by atoms with Crippen LogP contribution in [0.15, 0.2) is 0 Å². The van der Waals surface area contributed by atoms with Crippen molar-refractivity contribution in [1.29, 1.82) is 0 Å². The van der Waals surface area contributed by atoms with Crippen LogP contribution in [0.2, 0.25) is 0 Å². The largest absolute Gasteiger partial charge is 0.466 e. The highest BCUT2D eigenvalue weighted by molar-refractivity contribution is 5.97. The van der Waals surface area contributed by atoms with Crippen LogP contribution in [0, 0.1) is 18.3 Å². The van der Waals surface area contributed by atoms with Crippen molar-refractivity contribution in [3.05, 3.63) is 0 Å². The van der Waals surface area contributed by atoms with Gasteiger partial charge in [-0.1, -0.05) is 5.92 Å². The average molecular weight is 168 g/mol. The van der Waals surface area contributed by atoms with Gasteiger partial charge in [-0.05, 0) is 13.8 Å². The number of Topliss-reactive ketones (excluding diaryl/α,β-unsaturated/α-hetero) is 1. The van der Waals surface area contributed by atoms with Crippen LogP contribution in [0.25, 0.3) is 0 Å². The van der Waals surface area contributed by atoms with Crippen molar-refractivity contribution < 1.29 is 14.3 Å². The van der Waals surface area contributed by atoms with Gasteiger partial charge in [-0.3, -0.25) is 9.59 Å². The second-order valence-corrected chi connectivity index (χ2v) is 2.34. The first-order valence-corrected chi connectivity index (χ1v) is 3.76. The molecule has 0 aliphatic rings. The first-order valence-electron chi connectivity index (χ1n) is 3.76. The number of carbonyl (C=O) groups excluding carboxylic acids is 2. The zero-order chi connectivity index (χ0) is 9.56. The van der Waals surface area contributed by atoms with Gasteiger partial charge in [0.25, 0.3) is 0 Å². The highest BCUT2D eigenvalue weighted by atomic mass is 16.5. The molecule has 0 amide bonds. The van der Waals surface area contributed by atoms with Gasteiger partial charge < -0.3 is 4.74 Å². The minimum absolute atomic E-state index is 0.223. The van der Waals surface area contributed by atoms with Gasteiger partial charge in [-0.15, -0.1) is 6.42 Å². The Balaban J connectivity index is 3.86. The Morgan fingerprint density at radius 1 is 1.58 bits per heavy atom. The lowest BCUT2D eigenvalue weighted by Crippen LogP contribution is -2.16. The molecular formula is C9H12O3. The summed E-state index contributed by atoms with van der Waals surface area (Å²) in [5.74, 6) is 0.972. The molecule has 0 aliphatic heterocycles. The molecule has 1 atom stereocenters. The molecule has 0 saturated carbocycles. The number of hydrogen-bond acceptors (Lipinski definition) is 3. The van der Waals surface area contributed by atoms with Gasteiger partial charge in [0.2, 0.25) is 0 Å². The van der Waals surface area contributed by atoms with Crippen LogP contribution < -0.4 is 0 Å². The fraction of sp³-hybridized carbons (Fsp3) is 0.556. The van der Waals surface area contributed by atoms with Gasteiger partial charge in [0.05, 0.1) is 12.5 Å². The van der Waals surface area contributed by atoms with E-state index in [1.54, 1.807) is 13.8 Å². The molecule has 0 saturated heterocycles. The van der Waals surface area contributed by atoms with Gasteiger partial charge in [0.15, 0.2) is 5.78 Å². The molecule has 12 heavy (non-hydrogen) atoms. The third-order valence-corrected chi connectivity index (χ3v) is 1.36. The summed E-state index contributed by atoms with van der Waals surface area (Å²) < 4.78 is 4.58. The number of carbonyl (C=O) groups is 2. The van der Waals surface area contributed by atoms with E-state index in [1.807, 2.05) is 0 Å². The van der Waals surface area contributed by atoms with Crippen molar-refractivity contribution in [2.75, 3.05) is 6.61 Å². The zero-order valence-corrected chi connectivity index (χ0v) is 7.29. The summed E-state index contributed by atoms with van der Waals surface area (Å²) in [6, 6.07) is 0. The monoisotopic (exact) mass is 168 g/mol. The van der Waals surface area contributed by atoms with E-state index in [0.717, 1.165) is 0 Å². The molecule has 0 radical (unpaired) electrons. The Labute approximate surface area is 72.1 Å². The molecule has 1 unspecified atom stereocenters. The van der Waals surface area contributed by atoms with E-state index < -0.39 is 11.9 Å². The standard InChI is InChI=1S/C9H12O3/c1-4-7(3)8(10)6-9(11)12-5-2/h1,7H,5-6H2,2-3H3. The molecule has 0 spiro atoms. The van der Waals surface area contributed by atoms with Gasteiger partial charge >= 0.3 is 5.97 Å². The SMILES string of the molecule is C#CC(C)C(=O)CC(=O)OCC. The molecule has 66 valence electrons. The Kier molecular flexibility index (Phi) is 4.78. The number of ketones is 1. The van der Waals surface area contributed by atoms with E-state index in [2.05, 4.69) is 10.7 Å². The van der Waals surface area contributed by atoms with E-state index in [4.69, 9.17) is 6.42 Å². The highest BCUT2D eigenvalue weighted by Gasteiger charge is 2.14. The normalized spacial score (nSPS) is 11.4. The maximum atomic E-state index is 11.0. The summed E-state index contributed by atoms with van der Waals surface area (Å²) in [5.41, 5.74) is 0. The fourth-order valence-electron chi connectivity index (χ4n) is 0.600. The molecule has 3 heteroatoms. The van der Waals surface area contributed by atoms with Crippen LogP contribution in [0.1, 0.15) is 20.3 Å². The van der Waals surface area contributed by atoms with Crippen molar-refractivity contribution in [2.24, 2.45) is 5.92 Å². The molecule has 3 nitrogen and oxygen atoms in total. The molecule has 0 heterocycles. The average Bonchev–Trinajstić information content (AvgIpc) is 2.03. The van der Waals surface area contributed by atoms with Crippen molar-refractivity contribution in [3.8, 4) is 12.3 Å². The maximum Gasteiger partial charge on any atom is 0.313 e. The number of ether oxygens (including phenoxy) is 1. The molecular weight excluding hydrogens is 156 g/mol. The van der Waals surface area contributed by atoms with E-state index in [9.17, 15) is 9.59 Å². The maximum absolute atomic E-state index is 11.0. The molecule has 0 aromatic carbocycles. The molecule has 0 bridgehead atoms. The summed E-state index contributed by atoms with van der Waals surface area (Å²) in [4.78, 5) is 21.8.